The van der Waals surface area contributed by atoms with Crippen LogP contribution in [0, 0.1) is 11.3 Å². The summed E-state index contributed by atoms with van der Waals surface area (Å²) >= 11 is 0. The largest absolute Gasteiger partial charge is 0.497 e. The Kier molecular flexibility index (Phi) is 7.19. The molecule has 0 saturated heterocycles. The molecule has 0 radical (unpaired) electrons. The molecule has 0 aliphatic carbocycles. The molecular formula is C20H21N3O3. The highest BCUT2D eigenvalue weighted by Gasteiger charge is 2.05. The molecule has 0 N–H and O–H groups in total. The van der Waals surface area contributed by atoms with Gasteiger partial charge in [-0.05, 0) is 47.5 Å². The maximum absolute atomic E-state index is 11.5. The Morgan fingerprint density at radius 1 is 1.15 bits per heavy atom. The van der Waals surface area contributed by atoms with Crippen LogP contribution in [0.2, 0.25) is 0 Å². The number of hydrogen-bond acceptors (Lipinski definition) is 5. The molecule has 26 heavy (non-hydrogen) atoms. The zero-order valence-corrected chi connectivity index (χ0v) is 14.9. The summed E-state index contributed by atoms with van der Waals surface area (Å²) in [5.74, 6) is 1.36. The number of hydrazone groups is 1. The van der Waals surface area contributed by atoms with Crippen molar-refractivity contribution in [1.82, 2.24) is 5.01 Å². The maximum atomic E-state index is 11.5. The van der Waals surface area contributed by atoms with Crippen molar-refractivity contribution in [3.8, 4) is 17.6 Å². The number of amides is 1. The lowest BCUT2D eigenvalue weighted by Crippen LogP contribution is -2.24. The normalized spacial score (nSPS) is 10.3. The predicted octanol–water partition coefficient (Wildman–Crippen LogP) is 3.37. The second-order valence-electron chi connectivity index (χ2n) is 5.50. The molecule has 0 bridgehead atoms. The van der Waals surface area contributed by atoms with Gasteiger partial charge in [0.05, 0.1) is 32.4 Å². The molecule has 0 atom stereocenters. The molecule has 2 rings (SSSR count). The van der Waals surface area contributed by atoms with E-state index in [2.05, 4.69) is 5.10 Å². The van der Waals surface area contributed by atoms with Gasteiger partial charge in [-0.3, -0.25) is 4.79 Å². The standard InChI is InChI=1S/C20H21N3O3/c1-16(24)23(13-3-12-21)22-14-17-4-10-20(11-5-17)26-15-18-6-8-19(25-2)9-7-18/h4-11,14H,3,13,15H2,1-2H3/b22-14+. The summed E-state index contributed by atoms with van der Waals surface area (Å²) in [6.45, 7) is 2.17. The number of carbonyl (C=O) groups excluding carboxylic acids is 1. The second kappa shape index (κ2) is 9.84. The van der Waals surface area contributed by atoms with Gasteiger partial charge in [0.2, 0.25) is 5.91 Å². The molecule has 0 aliphatic heterocycles. The molecule has 0 spiro atoms. The summed E-state index contributed by atoms with van der Waals surface area (Å²) in [4.78, 5) is 11.5. The number of rotatable bonds is 8. The Balaban J connectivity index is 1.91. The number of ether oxygens (including phenoxy) is 2. The number of methoxy groups -OCH3 is 1. The van der Waals surface area contributed by atoms with Crippen molar-refractivity contribution in [3.05, 3.63) is 59.7 Å². The van der Waals surface area contributed by atoms with E-state index in [0.717, 1.165) is 22.6 Å². The molecule has 0 aliphatic rings. The van der Waals surface area contributed by atoms with Crippen molar-refractivity contribution < 1.29 is 14.3 Å². The first-order chi connectivity index (χ1) is 12.6. The minimum absolute atomic E-state index is 0.198. The highest BCUT2D eigenvalue weighted by Crippen LogP contribution is 2.16. The Hall–Kier alpha value is -3.33. The van der Waals surface area contributed by atoms with Crippen LogP contribution in [-0.4, -0.2) is 30.8 Å². The number of nitriles is 1. The minimum Gasteiger partial charge on any atom is -0.497 e. The molecule has 0 unspecified atom stereocenters. The first kappa shape index (κ1) is 19.0. The second-order valence-corrected chi connectivity index (χ2v) is 5.50. The molecule has 0 fully saturated rings. The minimum atomic E-state index is -0.198. The molecule has 6 heteroatoms. The Bertz CT molecular complexity index is 777. The van der Waals surface area contributed by atoms with E-state index in [0.29, 0.717) is 6.61 Å². The van der Waals surface area contributed by atoms with Crippen LogP contribution in [0.3, 0.4) is 0 Å². The molecule has 0 aromatic heterocycles. The molecule has 0 heterocycles. The molecule has 2 aromatic rings. The van der Waals surface area contributed by atoms with E-state index < -0.39 is 0 Å². The first-order valence-corrected chi connectivity index (χ1v) is 8.17. The highest BCUT2D eigenvalue weighted by atomic mass is 16.5. The Morgan fingerprint density at radius 2 is 1.81 bits per heavy atom. The van der Waals surface area contributed by atoms with Gasteiger partial charge in [-0.2, -0.15) is 10.4 Å². The van der Waals surface area contributed by atoms with Crippen molar-refractivity contribution in [3.63, 3.8) is 0 Å². The zero-order chi connectivity index (χ0) is 18.8. The van der Waals surface area contributed by atoms with Crippen LogP contribution in [0.5, 0.6) is 11.5 Å². The van der Waals surface area contributed by atoms with Crippen molar-refractivity contribution in [1.29, 1.82) is 5.26 Å². The lowest BCUT2D eigenvalue weighted by Gasteiger charge is -2.12. The van der Waals surface area contributed by atoms with E-state index in [1.165, 1.54) is 11.9 Å². The van der Waals surface area contributed by atoms with Crippen molar-refractivity contribution >= 4 is 12.1 Å². The monoisotopic (exact) mass is 351 g/mol. The molecule has 134 valence electrons. The number of benzene rings is 2. The van der Waals surface area contributed by atoms with Crippen molar-refractivity contribution in [2.24, 2.45) is 5.10 Å². The van der Waals surface area contributed by atoms with E-state index in [1.54, 1.807) is 13.3 Å². The van der Waals surface area contributed by atoms with E-state index in [-0.39, 0.29) is 18.9 Å². The summed E-state index contributed by atoms with van der Waals surface area (Å²) < 4.78 is 10.9. The van der Waals surface area contributed by atoms with Crippen LogP contribution in [0.15, 0.2) is 53.6 Å². The molecular weight excluding hydrogens is 330 g/mol. The van der Waals surface area contributed by atoms with E-state index >= 15 is 0 Å². The highest BCUT2D eigenvalue weighted by molar-refractivity contribution is 5.81. The zero-order valence-electron chi connectivity index (χ0n) is 14.9. The van der Waals surface area contributed by atoms with Gasteiger partial charge in [0.25, 0.3) is 0 Å². The third-order valence-corrected chi connectivity index (χ3v) is 3.59. The first-order valence-electron chi connectivity index (χ1n) is 8.17. The van der Waals surface area contributed by atoms with E-state index in [9.17, 15) is 4.79 Å². The molecule has 0 saturated carbocycles. The number of hydrogen-bond donors (Lipinski definition) is 0. The van der Waals surface area contributed by atoms with Gasteiger partial charge in [0.15, 0.2) is 0 Å². The van der Waals surface area contributed by atoms with Gasteiger partial charge in [-0.25, -0.2) is 5.01 Å². The van der Waals surface area contributed by atoms with Crippen LogP contribution < -0.4 is 9.47 Å². The fraction of sp³-hybridized carbons (Fsp3) is 0.250. The van der Waals surface area contributed by atoms with Crippen molar-refractivity contribution in [2.45, 2.75) is 20.0 Å². The van der Waals surface area contributed by atoms with Gasteiger partial charge in [0, 0.05) is 6.92 Å². The van der Waals surface area contributed by atoms with Gasteiger partial charge in [-0.1, -0.05) is 12.1 Å². The maximum Gasteiger partial charge on any atom is 0.239 e. The fourth-order valence-corrected chi connectivity index (χ4v) is 2.13. The van der Waals surface area contributed by atoms with E-state index in [4.69, 9.17) is 14.7 Å². The summed E-state index contributed by atoms with van der Waals surface area (Å²) in [6, 6.07) is 17.1. The van der Waals surface area contributed by atoms with E-state index in [1.807, 2.05) is 54.6 Å². The molecule has 6 nitrogen and oxygen atoms in total. The third-order valence-electron chi connectivity index (χ3n) is 3.59. The van der Waals surface area contributed by atoms with Gasteiger partial charge >= 0.3 is 0 Å². The number of carbonyl (C=O) groups is 1. The lowest BCUT2D eigenvalue weighted by atomic mass is 10.2. The average molecular weight is 351 g/mol. The number of nitrogens with zero attached hydrogens (tertiary/aromatic N) is 3. The quantitative estimate of drug-likeness (QED) is 0.540. The summed E-state index contributed by atoms with van der Waals surface area (Å²) in [6.07, 6.45) is 1.83. The third kappa shape index (κ3) is 5.95. The van der Waals surface area contributed by atoms with Crippen molar-refractivity contribution in [2.75, 3.05) is 13.7 Å². The summed E-state index contributed by atoms with van der Waals surface area (Å²) in [5, 5.41) is 14.0. The summed E-state index contributed by atoms with van der Waals surface area (Å²) in [7, 11) is 1.63. The van der Waals surface area contributed by atoms with Crippen LogP contribution in [0.25, 0.3) is 0 Å². The molecule has 2 aromatic carbocycles. The topological polar surface area (TPSA) is 74.9 Å². The van der Waals surface area contributed by atoms with Gasteiger partial charge < -0.3 is 9.47 Å². The van der Waals surface area contributed by atoms with Gasteiger partial charge in [-0.15, -0.1) is 0 Å². The smallest absolute Gasteiger partial charge is 0.239 e. The SMILES string of the molecule is COc1ccc(COc2ccc(/C=N/N(CCC#N)C(C)=O)cc2)cc1. The average Bonchev–Trinajstić information content (AvgIpc) is 2.67. The predicted molar refractivity (Wildman–Crippen MR) is 99.0 cm³/mol. The Morgan fingerprint density at radius 3 is 2.38 bits per heavy atom. The van der Waals surface area contributed by atoms with Crippen LogP contribution in [0.1, 0.15) is 24.5 Å². The van der Waals surface area contributed by atoms with Crippen LogP contribution >= 0.6 is 0 Å². The van der Waals surface area contributed by atoms with Gasteiger partial charge in [0.1, 0.15) is 18.1 Å². The molecule has 1 amide bonds. The fourth-order valence-electron chi connectivity index (χ4n) is 2.13. The van der Waals surface area contributed by atoms with Crippen LogP contribution in [-0.2, 0) is 11.4 Å². The Labute approximate surface area is 153 Å². The lowest BCUT2D eigenvalue weighted by molar-refractivity contribution is -0.128. The summed E-state index contributed by atoms with van der Waals surface area (Å²) in [5.41, 5.74) is 1.89. The van der Waals surface area contributed by atoms with Crippen LogP contribution in [0.4, 0.5) is 0 Å².